The standard InChI is InChI=1S/C10H14N2O2/c1-3-14-10(13)7-8-5-4-6-9(11-2)12-8/h4-6H,3,7H2,1-2H3,(H,11,12). The number of nitrogens with zero attached hydrogens (tertiary/aromatic N) is 1. The number of carbonyl (C=O) groups is 1. The first-order valence-electron chi connectivity index (χ1n) is 4.55. The van der Waals surface area contributed by atoms with Gasteiger partial charge in [-0.05, 0) is 19.1 Å². The van der Waals surface area contributed by atoms with Crippen molar-refractivity contribution in [2.45, 2.75) is 13.3 Å². The van der Waals surface area contributed by atoms with Crippen LogP contribution in [0.2, 0.25) is 0 Å². The number of rotatable bonds is 4. The lowest BCUT2D eigenvalue weighted by molar-refractivity contribution is -0.142. The summed E-state index contributed by atoms with van der Waals surface area (Å²) in [7, 11) is 1.79. The lowest BCUT2D eigenvalue weighted by atomic mass is 10.3. The highest BCUT2D eigenvalue weighted by atomic mass is 16.5. The van der Waals surface area contributed by atoms with E-state index >= 15 is 0 Å². The summed E-state index contributed by atoms with van der Waals surface area (Å²) >= 11 is 0. The molecule has 4 heteroatoms. The van der Waals surface area contributed by atoms with Crippen molar-refractivity contribution < 1.29 is 9.53 Å². The van der Waals surface area contributed by atoms with Crippen molar-refractivity contribution in [1.29, 1.82) is 0 Å². The molecule has 76 valence electrons. The third kappa shape index (κ3) is 3.05. The maximum Gasteiger partial charge on any atom is 0.311 e. The number of hydrogen-bond acceptors (Lipinski definition) is 4. The van der Waals surface area contributed by atoms with E-state index in [1.165, 1.54) is 0 Å². The minimum Gasteiger partial charge on any atom is -0.466 e. The van der Waals surface area contributed by atoms with Gasteiger partial charge in [-0.15, -0.1) is 0 Å². The minimum atomic E-state index is -0.242. The maximum absolute atomic E-state index is 11.1. The molecule has 4 nitrogen and oxygen atoms in total. The van der Waals surface area contributed by atoms with Gasteiger partial charge in [0.2, 0.25) is 0 Å². The summed E-state index contributed by atoms with van der Waals surface area (Å²) in [5, 5.41) is 2.91. The van der Waals surface area contributed by atoms with Crippen LogP contribution in [0.4, 0.5) is 5.82 Å². The highest BCUT2D eigenvalue weighted by Crippen LogP contribution is 2.04. The van der Waals surface area contributed by atoms with E-state index in [0.29, 0.717) is 6.61 Å². The third-order valence-electron chi connectivity index (χ3n) is 1.69. The van der Waals surface area contributed by atoms with Gasteiger partial charge in [0.15, 0.2) is 0 Å². The van der Waals surface area contributed by atoms with Crippen LogP contribution in [-0.4, -0.2) is 24.6 Å². The highest BCUT2D eigenvalue weighted by molar-refractivity contribution is 5.72. The summed E-state index contributed by atoms with van der Waals surface area (Å²) in [5.41, 5.74) is 0.718. The smallest absolute Gasteiger partial charge is 0.311 e. The predicted octanol–water partition coefficient (Wildman–Crippen LogP) is 1.23. The van der Waals surface area contributed by atoms with Crippen molar-refractivity contribution in [3.8, 4) is 0 Å². The molecule has 0 saturated heterocycles. The lowest BCUT2D eigenvalue weighted by Gasteiger charge is -2.03. The van der Waals surface area contributed by atoms with Crippen LogP contribution >= 0.6 is 0 Å². The fourth-order valence-corrected chi connectivity index (χ4v) is 1.08. The van der Waals surface area contributed by atoms with Crippen LogP contribution < -0.4 is 5.32 Å². The number of anilines is 1. The van der Waals surface area contributed by atoms with E-state index in [4.69, 9.17) is 4.74 Å². The Morgan fingerprint density at radius 1 is 1.57 bits per heavy atom. The van der Waals surface area contributed by atoms with Crippen LogP contribution in [0.3, 0.4) is 0 Å². The van der Waals surface area contributed by atoms with Crippen molar-refractivity contribution in [3.63, 3.8) is 0 Å². The van der Waals surface area contributed by atoms with E-state index in [1.54, 1.807) is 20.0 Å². The van der Waals surface area contributed by atoms with Gasteiger partial charge in [-0.25, -0.2) is 4.98 Å². The van der Waals surface area contributed by atoms with E-state index in [0.717, 1.165) is 11.5 Å². The van der Waals surface area contributed by atoms with E-state index in [2.05, 4.69) is 10.3 Å². The van der Waals surface area contributed by atoms with Gasteiger partial charge in [0.1, 0.15) is 5.82 Å². The van der Waals surface area contributed by atoms with Gasteiger partial charge < -0.3 is 10.1 Å². The zero-order valence-corrected chi connectivity index (χ0v) is 8.41. The van der Waals surface area contributed by atoms with Gasteiger partial charge in [0.25, 0.3) is 0 Å². The molecule has 0 spiro atoms. The Balaban J connectivity index is 2.62. The van der Waals surface area contributed by atoms with Crippen molar-refractivity contribution in [2.75, 3.05) is 19.0 Å². The molecule has 1 aromatic rings. The summed E-state index contributed by atoms with van der Waals surface area (Å²) < 4.78 is 4.82. The number of ether oxygens (including phenoxy) is 1. The van der Waals surface area contributed by atoms with E-state index in [-0.39, 0.29) is 12.4 Å². The third-order valence-corrected chi connectivity index (χ3v) is 1.69. The van der Waals surface area contributed by atoms with E-state index in [1.807, 2.05) is 12.1 Å². The monoisotopic (exact) mass is 194 g/mol. The molecular formula is C10H14N2O2. The second-order valence-corrected chi connectivity index (χ2v) is 2.75. The van der Waals surface area contributed by atoms with Crippen molar-refractivity contribution in [2.24, 2.45) is 0 Å². The van der Waals surface area contributed by atoms with Gasteiger partial charge in [0, 0.05) is 7.05 Å². The molecule has 0 radical (unpaired) electrons. The molecule has 0 aliphatic heterocycles. The number of nitrogens with one attached hydrogen (secondary N) is 1. The zero-order chi connectivity index (χ0) is 10.4. The first-order chi connectivity index (χ1) is 6.76. The van der Waals surface area contributed by atoms with Gasteiger partial charge in [-0.1, -0.05) is 6.07 Å². The van der Waals surface area contributed by atoms with Crippen molar-refractivity contribution in [1.82, 2.24) is 4.98 Å². The fourth-order valence-electron chi connectivity index (χ4n) is 1.08. The van der Waals surface area contributed by atoms with Gasteiger partial charge in [-0.2, -0.15) is 0 Å². The average molecular weight is 194 g/mol. The Morgan fingerprint density at radius 2 is 2.36 bits per heavy atom. The molecule has 0 aliphatic carbocycles. The van der Waals surface area contributed by atoms with Crippen LogP contribution in [-0.2, 0) is 16.0 Å². The fraction of sp³-hybridized carbons (Fsp3) is 0.400. The van der Waals surface area contributed by atoms with Crippen molar-refractivity contribution in [3.05, 3.63) is 23.9 Å². The van der Waals surface area contributed by atoms with Crippen LogP contribution in [0.1, 0.15) is 12.6 Å². The molecule has 0 unspecified atom stereocenters. The quantitative estimate of drug-likeness (QED) is 0.732. The molecule has 0 atom stereocenters. The summed E-state index contributed by atoms with van der Waals surface area (Å²) in [6, 6.07) is 5.50. The molecule has 0 bridgehead atoms. The van der Waals surface area contributed by atoms with Gasteiger partial charge in [-0.3, -0.25) is 4.79 Å². The van der Waals surface area contributed by atoms with E-state index in [9.17, 15) is 4.79 Å². The molecule has 1 heterocycles. The molecule has 0 amide bonds. The Hall–Kier alpha value is -1.58. The summed E-state index contributed by atoms with van der Waals surface area (Å²) in [6.45, 7) is 2.19. The second-order valence-electron chi connectivity index (χ2n) is 2.75. The Kier molecular flexibility index (Phi) is 3.91. The van der Waals surface area contributed by atoms with Crippen molar-refractivity contribution >= 4 is 11.8 Å². The number of hydrogen-bond donors (Lipinski definition) is 1. The maximum atomic E-state index is 11.1. The first-order valence-corrected chi connectivity index (χ1v) is 4.55. The van der Waals surface area contributed by atoms with Crippen LogP contribution in [0.5, 0.6) is 0 Å². The van der Waals surface area contributed by atoms with Crippen LogP contribution in [0.25, 0.3) is 0 Å². The Labute approximate surface area is 83.3 Å². The molecule has 0 fully saturated rings. The van der Waals surface area contributed by atoms with Crippen LogP contribution in [0, 0.1) is 0 Å². The lowest BCUT2D eigenvalue weighted by Crippen LogP contribution is -2.09. The second kappa shape index (κ2) is 5.21. The Morgan fingerprint density at radius 3 is 3.00 bits per heavy atom. The molecule has 0 aliphatic rings. The highest BCUT2D eigenvalue weighted by Gasteiger charge is 2.04. The molecule has 1 aromatic heterocycles. The summed E-state index contributed by atoms with van der Waals surface area (Å²) in [6.07, 6.45) is 0.226. The minimum absolute atomic E-state index is 0.226. The molecule has 14 heavy (non-hydrogen) atoms. The first kappa shape index (κ1) is 10.5. The zero-order valence-electron chi connectivity index (χ0n) is 8.41. The number of esters is 1. The topological polar surface area (TPSA) is 51.2 Å². The SMILES string of the molecule is CCOC(=O)Cc1cccc(NC)n1. The van der Waals surface area contributed by atoms with Gasteiger partial charge >= 0.3 is 5.97 Å². The number of carbonyl (C=O) groups excluding carboxylic acids is 1. The largest absolute Gasteiger partial charge is 0.466 e. The summed E-state index contributed by atoms with van der Waals surface area (Å²) in [4.78, 5) is 15.3. The molecule has 1 N–H and O–H groups in total. The normalized spacial score (nSPS) is 9.57. The predicted molar refractivity (Wildman–Crippen MR) is 54.1 cm³/mol. The van der Waals surface area contributed by atoms with E-state index < -0.39 is 0 Å². The summed E-state index contributed by atoms with van der Waals surface area (Å²) in [5.74, 6) is 0.514. The number of aromatic nitrogens is 1. The average Bonchev–Trinajstić information content (AvgIpc) is 2.18. The molecule has 0 saturated carbocycles. The Bertz CT molecular complexity index is 313. The molecular weight excluding hydrogens is 180 g/mol. The molecule has 1 rings (SSSR count). The van der Waals surface area contributed by atoms with Crippen LogP contribution in [0.15, 0.2) is 18.2 Å². The van der Waals surface area contributed by atoms with Gasteiger partial charge in [0.05, 0.1) is 18.7 Å². The molecule has 0 aromatic carbocycles. The number of pyridine rings is 1.